The maximum atomic E-state index is 6.15. The molecule has 2 heteroatoms. The first-order valence-electron chi connectivity index (χ1n) is 7.63. The molecule has 0 aromatic rings. The van der Waals surface area contributed by atoms with Gasteiger partial charge in [-0.05, 0) is 51.1 Å². The Labute approximate surface area is 108 Å². The predicted molar refractivity (Wildman–Crippen MR) is 76.2 cm³/mol. The Bertz CT molecular complexity index is 197. The van der Waals surface area contributed by atoms with Gasteiger partial charge in [-0.15, -0.1) is 0 Å². The van der Waals surface area contributed by atoms with Crippen LogP contribution in [0.5, 0.6) is 0 Å². The summed E-state index contributed by atoms with van der Waals surface area (Å²) >= 11 is 0. The standard InChI is InChI=1S/C15H32N2/c1-4-9-15(13-16,10-5-2)17-11-6-7-14(3)8-12-17/h14H,4-13,16H2,1-3H3. The monoisotopic (exact) mass is 240 g/mol. The van der Waals surface area contributed by atoms with Gasteiger partial charge in [-0.1, -0.05) is 33.6 Å². The molecule has 17 heavy (non-hydrogen) atoms. The largest absolute Gasteiger partial charge is 0.329 e. The van der Waals surface area contributed by atoms with Crippen molar-refractivity contribution in [3.05, 3.63) is 0 Å². The Kier molecular flexibility index (Phi) is 6.50. The van der Waals surface area contributed by atoms with Crippen molar-refractivity contribution in [3.63, 3.8) is 0 Å². The van der Waals surface area contributed by atoms with E-state index in [0.717, 1.165) is 12.5 Å². The van der Waals surface area contributed by atoms with Gasteiger partial charge in [0.05, 0.1) is 0 Å². The summed E-state index contributed by atoms with van der Waals surface area (Å²) in [6, 6.07) is 0. The van der Waals surface area contributed by atoms with Crippen molar-refractivity contribution in [2.75, 3.05) is 19.6 Å². The normalized spacial score (nSPS) is 23.6. The second kappa shape index (κ2) is 7.38. The highest BCUT2D eigenvalue weighted by Crippen LogP contribution is 2.30. The van der Waals surface area contributed by atoms with Gasteiger partial charge in [0.2, 0.25) is 0 Å². The van der Waals surface area contributed by atoms with E-state index < -0.39 is 0 Å². The molecule has 2 nitrogen and oxygen atoms in total. The van der Waals surface area contributed by atoms with Crippen molar-refractivity contribution in [1.29, 1.82) is 0 Å². The van der Waals surface area contributed by atoms with E-state index in [4.69, 9.17) is 5.73 Å². The van der Waals surface area contributed by atoms with E-state index in [1.807, 2.05) is 0 Å². The van der Waals surface area contributed by atoms with Gasteiger partial charge in [-0.3, -0.25) is 4.90 Å². The smallest absolute Gasteiger partial charge is 0.0331 e. The SMILES string of the molecule is CCCC(CN)(CCC)N1CCCC(C)CC1. The maximum absolute atomic E-state index is 6.15. The van der Waals surface area contributed by atoms with Crippen LogP contribution in [0.1, 0.15) is 65.7 Å². The molecule has 1 unspecified atom stereocenters. The van der Waals surface area contributed by atoms with Crippen LogP contribution in [-0.2, 0) is 0 Å². The zero-order valence-electron chi connectivity index (χ0n) is 12.2. The van der Waals surface area contributed by atoms with Gasteiger partial charge in [-0.25, -0.2) is 0 Å². The van der Waals surface area contributed by atoms with Gasteiger partial charge < -0.3 is 5.73 Å². The molecule has 0 spiro atoms. The van der Waals surface area contributed by atoms with Gasteiger partial charge in [0.25, 0.3) is 0 Å². The van der Waals surface area contributed by atoms with Crippen LogP contribution in [-0.4, -0.2) is 30.1 Å². The highest BCUT2D eigenvalue weighted by atomic mass is 15.2. The number of hydrogen-bond donors (Lipinski definition) is 1. The fraction of sp³-hybridized carbons (Fsp3) is 1.00. The van der Waals surface area contributed by atoms with Crippen LogP contribution in [0.2, 0.25) is 0 Å². The Balaban J connectivity index is 2.72. The average Bonchev–Trinajstić information content (AvgIpc) is 2.54. The van der Waals surface area contributed by atoms with Crippen molar-refractivity contribution < 1.29 is 0 Å². The predicted octanol–water partition coefficient (Wildman–Crippen LogP) is 3.41. The van der Waals surface area contributed by atoms with Crippen molar-refractivity contribution in [2.45, 2.75) is 71.3 Å². The van der Waals surface area contributed by atoms with Crippen LogP contribution < -0.4 is 5.73 Å². The lowest BCUT2D eigenvalue weighted by atomic mass is 9.86. The molecule has 1 atom stereocenters. The number of likely N-dealkylation sites (tertiary alicyclic amines) is 1. The lowest BCUT2D eigenvalue weighted by Gasteiger charge is -2.43. The van der Waals surface area contributed by atoms with Crippen LogP contribution in [0, 0.1) is 5.92 Å². The molecular formula is C15H32N2. The van der Waals surface area contributed by atoms with Gasteiger partial charge in [0.1, 0.15) is 0 Å². The molecule has 0 amide bonds. The summed E-state index contributed by atoms with van der Waals surface area (Å²) in [5, 5.41) is 0. The molecule has 1 aliphatic heterocycles. The van der Waals surface area contributed by atoms with Crippen molar-refractivity contribution in [2.24, 2.45) is 11.7 Å². The molecule has 1 rings (SSSR count). The minimum Gasteiger partial charge on any atom is -0.329 e. The Morgan fingerprint density at radius 3 is 2.29 bits per heavy atom. The summed E-state index contributed by atoms with van der Waals surface area (Å²) in [5.41, 5.74) is 6.45. The number of rotatable bonds is 6. The molecule has 2 N–H and O–H groups in total. The first kappa shape index (κ1) is 15.0. The molecule has 0 aromatic heterocycles. The minimum absolute atomic E-state index is 0.299. The van der Waals surface area contributed by atoms with Gasteiger partial charge in [0, 0.05) is 12.1 Å². The second-order valence-corrected chi connectivity index (χ2v) is 5.95. The molecular weight excluding hydrogens is 208 g/mol. The molecule has 1 aliphatic rings. The third-order valence-electron chi connectivity index (χ3n) is 4.50. The minimum atomic E-state index is 0.299. The van der Waals surface area contributed by atoms with Gasteiger partial charge >= 0.3 is 0 Å². The fourth-order valence-electron chi connectivity index (χ4n) is 3.44. The van der Waals surface area contributed by atoms with E-state index in [-0.39, 0.29) is 0 Å². The maximum Gasteiger partial charge on any atom is 0.0331 e. The van der Waals surface area contributed by atoms with Crippen molar-refractivity contribution in [1.82, 2.24) is 4.90 Å². The fourth-order valence-corrected chi connectivity index (χ4v) is 3.44. The first-order chi connectivity index (χ1) is 8.18. The number of nitrogens with zero attached hydrogens (tertiary/aromatic N) is 1. The summed E-state index contributed by atoms with van der Waals surface area (Å²) in [6.45, 7) is 10.3. The van der Waals surface area contributed by atoms with Crippen LogP contribution in [0.15, 0.2) is 0 Å². The molecule has 0 saturated carbocycles. The molecule has 1 fully saturated rings. The molecule has 102 valence electrons. The Morgan fingerprint density at radius 2 is 1.76 bits per heavy atom. The van der Waals surface area contributed by atoms with E-state index in [1.54, 1.807) is 0 Å². The summed E-state index contributed by atoms with van der Waals surface area (Å²) < 4.78 is 0. The average molecular weight is 240 g/mol. The van der Waals surface area contributed by atoms with Crippen molar-refractivity contribution >= 4 is 0 Å². The van der Waals surface area contributed by atoms with E-state index >= 15 is 0 Å². The van der Waals surface area contributed by atoms with E-state index in [1.165, 1.54) is 58.0 Å². The molecule has 0 aliphatic carbocycles. The van der Waals surface area contributed by atoms with Crippen LogP contribution in [0.3, 0.4) is 0 Å². The van der Waals surface area contributed by atoms with E-state index in [9.17, 15) is 0 Å². The molecule has 1 saturated heterocycles. The van der Waals surface area contributed by atoms with Crippen LogP contribution in [0.25, 0.3) is 0 Å². The highest BCUT2D eigenvalue weighted by Gasteiger charge is 2.34. The lowest BCUT2D eigenvalue weighted by Crippen LogP contribution is -2.54. The zero-order valence-corrected chi connectivity index (χ0v) is 12.2. The van der Waals surface area contributed by atoms with Crippen LogP contribution in [0.4, 0.5) is 0 Å². The number of hydrogen-bond acceptors (Lipinski definition) is 2. The zero-order chi connectivity index (χ0) is 12.7. The topological polar surface area (TPSA) is 29.3 Å². The summed E-state index contributed by atoms with van der Waals surface area (Å²) in [6.07, 6.45) is 9.16. The third-order valence-corrected chi connectivity index (χ3v) is 4.50. The molecule has 0 bridgehead atoms. The second-order valence-electron chi connectivity index (χ2n) is 5.95. The summed E-state index contributed by atoms with van der Waals surface area (Å²) in [5.74, 6) is 0.902. The molecule has 0 aromatic carbocycles. The van der Waals surface area contributed by atoms with E-state index in [2.05, 4.69) is 25.7 Å². The van der Waals surface area contributed by atoms with Gasteiger partial charge in [0.15, 0.2) is 0 Å². The number of nitrogens with two attached hydrogens (primary N) is 1. The third kappa shape index (κ3) is 3.96. The molecule has 0 radical (unpaired) electrons. The quantitative estimate of drug-likeness (QED) is 0.771. The van der Waals surface area contributed by atoms with Crippen LogP contribution >= 0.6 is 0 Å². The Hall–Kier alpha value is -0.0800. The summed E-state index contributed by atoms with van der Waals surface area (Å²) in [7, 11) is 0. The van der Waals surface area contributed by atoms with E-state index in [0.29, 0.717) is 5.54 Å². The molecule has 1 heterocycles. The lowest BCUT2D eigenvalue weighted by molar-refractivity contribution is 0.0770. The van der Waals surface area contributed by atoms with Crippen molar-refractivity contribution in [3.8, 4) is 0 Å². The highest BCUT2D eigenvalue weighted by molar-refractivity contribution is 4.92. The summed E-state index contributed by atoms with van der Waals surface area (Å²) in [4.78, 5) is 2.73. The Morgan fingerprint density at radius 1 is 1.12 bits per heavy atom. The first-order valence-corrected chi connectivity index (χ1v) is 7.63. The van der Waals surface area contributed by atoms with Gasteiger partial charge in [-0.2, -0.15) is 0 Å².